The monoisotopic (exact) mass is 348 g/mol. The van der Waals surface area contributed by atoms with Crippen molar-refractivity contribution in [3.8, 4) is 5.75 Å². The molecular weight excluding hydrogens is 336 g/mol. The molecule has 0 spiro atoms. The van der Waals surface area contributed by atoms with E-state index in [-0.39, 0.29) is 36.0 Å². The largest absolute Gasteiger partial charge is 0.496 e. The summed E-state index contributed by atoms with van der Waals surface area (Å²) in [5.41, 5.74) is -0.160. The van der Waals surface area contributed by atoms with Gasteiger partial charge in [-0.25, -0.2) is 8.42 Å². The summed E-state index contributed by atoms with van der Waals surface area (Å²) in [7, 11) is 2.84. The highest BCUT2D eigenvalue weighted by Crippen LogP contribution is 2.35. The summed E-state index contributed by atoms with van der Waals surface area (Å²) in [6.45, 7) is 0.0674. The van der Waals surface area contributed by atoms with Gasteiger partial charge in [-0.2, -0.15) is 0 Å². The van der Waals surface area contributed by atoms with Crippen LogP contribution in [-0.4, -0.2) is 38.7 Å². The van der Waals surface area contributed by atoms with Crippen LogP contribution in [0.15, 0.2) is 18.2 Å². The third-order valence-electron chi connectivity index (χ3n) is 3.31. The minimum absolute atomic E-state index is 0.0187. The second kappa shape index (κ2) is 6.09. The summed E-state index contributed by atoms with van der Waals surface area (Å²) < 4.78 is 27.1. The van der Waals surface area contributed by atoms with Gasteiger partial charge in [0.15, 0.2) is 0 Å². The SMILES string of the molecule is COc1ccc(N2CC(CS(=O)(=O)Cl)CC2=O)c([N+](=O)[O-])c1. The molecule has 0 radical (unpaired) electrons. The molecule has 1 atom stereocenters. The summed E-state index contributed by atoms with van der Waals surface area (Å²) in [6, 6.07) is 4.13. The van der Waals surface area contributed by atoms with Crippen molar-refractivity contribution in [3.63, 3.8) is 0 Å². The predicted molar refractivity (Wildman–Crippen MR) is 79.7 cm³/mol. The van der Waals surface area contributed by atoms with E-state index in [1.807, 2.05) is 0 Å². The summed E-state index contributed by atoms with van der Waals surface area (Å²) in [5.74, 6) is -0.918. The van der Waals surface area contributed by atoms with Crippen molar-refractivity contribution in [2.24, 2.45) is 5.92 Å². The second-order valence-corrected chi connectivity index (χ2v) is 7.71. The number of ether oxygens (including phenoxy) is 1. The Bertz CT molecular complexity index is 720. The zero-order chi connectivity index (χ0) is 16.5. The molecule has 1 amide bonds. The van der Waals surface area contributed by atoms with Crippen molar-refractivity contribution >= 4 is 37.0 Å². The summed E-state index contributed by atoms with van der Waals surface area (Å²) in [4.78, 5) is 23.8. The lowest BCUT2D eigenvalue weighted by Gasteiger charge is -2.17. The van der Waals surface area contributed by atoms with E-state index in [9.17, 15) is 23.3 Å². The molecule has 0 aliphatic carbocycles. The molecule has 0 aromatic heterocycles. The first-order valence-electron chi connectivity index (χ1n) is 6.26. The van der Waals surface area contributed by atoms with Gasteiger partial charge in [0.1, 0.15) is 11.4 Å². The molecule has 10 heteroatoms. The van der Waals surface area contributed by atoms with Crippen molar-refractivity contribution in [3.05, 3.63) is 28.3 Å². The smallest absolute Gasteiger partial charge is 0.296 e. The van der Waals surface area contributed by atoms with E-state index in [4.69, 9.17) is 15.4 Å². The molecule has 22 heavy (non-hydrogen) atoms. The zero-order valence-electron chi connectivity index (χ0n) is 11.6. The molecule has 1 aromatic rings. The molecule has 1 aliphatic rings. The maximum absolute atomic E-state index is 12.0. The fraction of sp³-hybridized carbons (Fsp3) is 0.417. The summed E-state index contributed by atoms with van der Waals surface area (Å²) in [5, 5.41) is 11.2. The molecule has 120 valence electrons. The van der Waals surface area contributed by atoms with Gasteiger partial charge in [-0.15, -0.1) is 0 Å². The Labute approximate surface area is 131 Å². The maximum atomic E-state index is 12.0. The highest BCUT2D eigenvalue weighted by Gasteiger charge is 2.36. The van der Waals surface area contributed by atoms with Gasteiger partial charge in [0, 0.05) is 29.6 Å². The van der Waals surface area contributed by atoms with Crippen LogP contribution in [-0.2, 0) is 13.8 Å². The van der Waals surface area contributed by atoms with Crippen LogP contribution in [0.4, 0.5) is 11.4 Å². The van der Waals surface area contributed by atoms with Gasteiger partial charge in [0.25, 0.3) is 5.69 Å². The van der Waals surface area contributed by atoms with E-state index in [2.05, 4.69) is 0 Å². The van der Waals surface area contributed by atoms with Crippen molar-refractivity contribution < 1.29 is 22.9 Å². The number of carbonyl (C=O) groups is 1. The van der Waals surface area contributed by atoms with Crippen LogP contribution in [0.25, 0.3) is 0 Å². The molecule has 1 fully saturated rings. The van der Waals surface area contributed by atoms with Crippen molar-refractivity contribution in [2.45, 2.75) is 6.42 Å². The quantitative estimate of drug-likeness (QED) is 0.453. The maximum Gasteiger partial charge on any atom is 0.296 e. The highest BCUT2D eigenvalue weighted by molar-refractivity contribution is 8.13. The Balaban J connectivity index is 2.32. The standard InChI is InChI=1S/C12H13ClN2O6S/c1-21-9-2-3-10(11(5-9)15(17)18)14-6-8(4-12(14)16)7-22(13,19)20/h2-3,5,8H,4,6-7H2,1H3. The molecule has 2 rings (SSSR count). The fourth-order valence-corrected chi connectivity index (χ4v) is 3.73. The molecule has 8 nitrogen and oxygen atoms in total. The van der Waals surface area contributed by atoms with E-state index in [1.165, 1.54) is 30.2 Å². The number of amides is 1. The Hall–Kier alpha value is -1.87. The van der Waals surface area contributed by atoms with Crippen LogP contribution in [0.2, 0.25) is 0 Å². The molecule has 0 N–H and O–H groups in total. The second-order valence-electron chi connectivity index (χ2n) is 4.89. The van der Waals surface area contributed by atoms with Gasteiger partial charge in [-0.1, -0.05) is 0 Å². The number of methoxy groups -OCH3 is 1. The van der Waals surface area contributed by atoms with Crippen LogP contribution in [0, 0.1) is 16.0 Å². The number of carbonyl (C=O) groups excluding carboxylic acids is 1. The Morgan fingerprint density at radius 3 is 2.73 bits per heavy atom. The predicted octanol–water partition coefficient (Wildman–Crippen LogP) is 1.52. The van der Waals surface area contributed by atoms with E-state index < -0.39 is 19.9 Å². The van der Waals surface area contributed by atoms with Crippen molar-refractivity contribution in [1.29, 1.82) is 0 Å². The van der Waals surface area contributed by atoms with Crippen LogP contribution < -0.4 is 9.64 Å². The lowest BCUT2D eigenvalue weighted by molar-refractivity contribution is -0.384. The lowest BCUT2D eigenvalue weighted by Crippen LogP contribution is -2.26. The lowest BCUT2D eigenvalue weighted by atomic mass is 10.1. The van der Waals surface area contributed by atoms with Gasteiger partial charge in [-0.05, 0) is 12.1 Å². The molecular formula is C12H13ClN2O6S. The number of nitrogens with zero attached hydrogens (tertiary/aromatic N) is 2. The first-order chi connectivity index (χ1) is 10.2. The summed E-state index contributed by atoms with van der Waals surface area (Å²) in [6.07, 6.45) is -0.0187. The zero-order valence-corrected chi connectivity index (χ0v) is 13.1. The van der Waals surface area contributed by atoms with Crippen LogP contribution in [0.5, 0.6) is 5.75 Å². The number of hydrogen-bond acceptors (Lipinski definition) is 6. The third kappa shape index (κ3) is 3.66. The van der Waals surface area contributed by atoms with Crippen LogP contribution in [0.3, 0.4) is 0 Å². The molecule has 1 saturated heterocycles. The number of nitro benzene ring substituents is 1. The third-order valence-corrected chi connectivity index (χ3v) is 4.56. The number of hydrogen-bond donors (Lipinski definition) is 0. The number of rotatable bonds is 5. The first kappa shape index (κ1) is 16.5. The van der Waals surface area contributed by atoms with Crippen molar-refractivity contribution in [1.82, 2.24) is 0 Å². The van der Waals surface area contributed by atoms with Gasteiger partial charge < -0.3 is 9.64 Å². The molecule has 1 unspecified atom stereocenters. The number of nitro groups is 1. The average Bonchev–Trinajstić information content (AvgIpc) is 2.76. The van der Waals surface area contributed by atoms with Gasteiger partial charge >= 0.3 is 0 Å². The normalized spacial score (nSPS) is 18.5. The van der Waals surface area contributed by atoms with E-state index in [0.717, 1.165) is 0 Å². The molecule has 0 bridgehead atoms. The van der Waals surface area contributed by atoms with Gasteiger partial charge in [0.2, 0.25) is 15.0 Å². The van der Waals surface area contributed by atoms with Gasteiger partial charge in [0.05, 0.1) is 23.9 Å². The van der Waals surface area contributed by atoms with E-state index in [0.29, 0.717) is 5.75 Å². The van der Waals surface area contributed by atoms with Crippen LogP contribution in [0.1, 0.15) is 6.42 Å². The average molecular weight is 349 g/mol. The highest BCUT2D eigenvalue weighted by atomic mass is 35.7. The Kier molecular flexibility index (Phi) is 4.57. The van der Waals surface area contributed by atoms with Crippen molar-refractivity contribution in [2.75, 3.05) is 24.3 Å². The summed E-state index contributed by atoms with van der Waals surface area (Å²) >= 11 is 0. The number of anilines is 1. The molecule has 1 aliphatic heterocycles. The van der Waals surface area contributed by atoms with E-state index >= 15 is 0 Å². The Morgan fingerprint density at radius 1 is 1.50 bits per heavy atom. The topological polar surface area (TPSA) is 107 Å². The number of halogens is 1. The molecule has 1 aromatic carbocycles. The number of benzene rings is 1. The molecule has 0 saturated carbocycles. The fourth-order valence-electron chi connectivity index (χ4n) is 2.41. The molecule has 1 heterocycles. The first-order valence-corrected chi connectivity index (χ1v) is 8.74. The van der Waals surface area contributed by atoms with Gasteiger partial charge in [-0.3, -0.25) is 14.9 Å². The minimum atomic E-state index is -3.73. The minimum Gasteiger partial charge on any atom is -0.496 e. The Morgan fingerprint density at radius 2 is 2.18 bits per heavy atom. The van der Waals surface area contributed by atoms with Crippen LogP contribution >= 0.6 is 10.7 Å². The van der Waals surface area contributed by atoms with E-state index in [1.54, 1.807) is 0 Å².